The molecule has 2 amide bonds. The SMILES string of the molecule is Cc1cn(C[C@@H]2CCCN(C(=O)[C@H]3CN(C4c5ccccc5CCc5cc(Cl)cnc54)CCN3C(=O)OCC3CC3)C2)cn1. The average molecular weight is 617 g/mol. The third kappa shape index (κ3) is 6.22. The van der Waals surface area contributed by atoms with Crippen molar-refractivity contribution in [2.45, 2.75) is 64.1 Å². The molecule has 3 aromatic rings. The highest BCUT2D eigenvalue weighted by atomic mass is 35.5. The van der Waals surface area contributed by atoms with Crippen LogP contribution in [0.15, 0.2) is 49.1 Å². The van der Waals surface area contributed by atoms with E-state index in [4.69, 9.17) is 21.3 Å². The molecule has 2 aliphatic heterocycles. The van der Waals surface area contributed by atoms with E-state index in [-0.39, 0.29) is 18.0 Å². The predicted molar refractivity (Wildman–Crippen MR) is 167 cm³/mol. The average Bonchev–Trinajstić information content (AvgIpc) is 3.81. The fraction of sp³-hybridized carbons (Fsp3) is 0.529. The summed E-state index contributed by atoms with van der Waals surface area (Å²) in [6, 6.07) is 9.83. The van der Waals surface area contributed by atoms with Crippen molar-refractivity contribution in [2.75, 3.05) is 39.3 Å². The minimum Gasteiger partial charge on any atom is -0.449 e. The molecule has 0 bridgehead atoms. The Morgan fingerprint density at radius 1 is 1.00 bits per heavy atom. The van der Waals surface area contributed by atoms with Crippen molar-refractivity contribution < 1.29 is 14.3 Å². The molecule has 10 heteroatoms. The van der Waals surface area contributed by atoms with Gasteiger partial charge in [-0.1, -0.05) is 35.9 Å². The highest BCUT2D eigenvalue weighted by Crippen LogP contribution is 2.38. The molecule has 2 aliphatic carbocycles. The molecule has 1 unspecified atom stereocenters. The van der Waals surface area contributed by atoms with Crippen molar-refractivity contribution in [3.63, 3.8) is 0 Å². The van der Waals surface area contributed by atoms with E-state index in [9.17, 15) is 9.59 Å². The van der Waals surface area contributed by atoms with Crippen molar-refractivity contribution in [1.29, 1.82) is 0 Å². The van der Waals surface area contributed by atoms with Crippen LogP contribution >= 0.6 is 11.6 Å². The van der Waals surface area contributed by atoms with E-state index in [0.717, 1.165) is 62.0 Å². The fourth-order valence-corrected chi connectivity index (χ4v) is 7.45. The van der Waals surface area contributed by atoms with Gasteiger partial charge in [-0.2, -0.15) is 0 Å². The summed E-state index contributed by atoms with van der Waals surface area (Å²) in [7, 11) is 0. The van der Waals surface area contributed by atoms with Gasteiger partial charge in [0.25, 0.3) is 0 Å². The Balaban J connectivity index is 1.17. The van der Waals surface area contributed by atoms with Crippen molar-refractivity contribution in [3.05, 3.63) is 82.2 Å². The Hall–Kier alpha value is -3.43. The minimum absolute atomic E-state index is 0.00998. The summed E-state index contributed by atoms with van der Waals surface area (Å²) in [5, 5.41) is 0.634. The van der Waals surface area contributed by atoms with Crippen molar-refractivity contribution >= 4 is 23.6 Å². The molecule has 1 aromatic carbocycles. The maximum absolute atomic E-state index is 14.5. The zero-order chi connectivity index (χ0) is 30.2. The van der Waals surface area contributed by atoms with Gasteiger partial charge in [-0.3, -0.25) is 19.6 Å². The fourth-order valence-electron chi connectivity index (χ4n) is 7.27. The Kier molecular flexibility index (Phi) is 8.33. The van der Waals surface area contributed by atoms with E-state index in [2.05, 4.69) is 44.9 Å². The lowest BCUT2D eigenvalue weighted by Gasteiger charge is -2.45. The number of imidazole rings is 1. The molecule has 2 saturated heterocycles. The molecule has 0 spiro atoms. The molecule has 7 rings (SSSR count). The van der Waals surface area contributed by atoms with Gasteiger partial charge >= 0.3 is 6.09 Å². The van der Waals surface area contributed by atoms with Crippen LogP contribution in [0.25, 0.3) is 0 Å². The van der Waals surface area contributed by atoms with E-state index in [1.807, 2.05) is 24.2 Å². The number of aryl methyl sites for hydroxylation is 3. The lowest BCUT2D eigenvalue weighted by molar-refractivity contribution is -0.141. The first-order valence-electron chi connectivity index (χ1n) is 16.1. The van der Waals surface area contributed by atoms with Crippen LogP contribution in [0.1, 0.15) is 59.8 Å². The third-order valence-electron chi connectivity index (χ3n) is 9.74. The van der Waals surface area contributed by atoms with Crippen LogP contribution < -0.4 is 0 Å². The molecule has 3 atom stereocenters. The van der Waals surface area contributed by atoms with Crippen molar-refractivity contribution in [2.24, 2.45) is 11.8 Å². The van der Waals surface area contributed by atoms with Gasteiger partial charge in [0.1, 0.15) is 6.04 Å². The second kappa shape index (κ2) is 12.5. The molecular weight excluding hydrogens is 576 g/mol. The van der Waals surface area contributed by atoms with Crippen LogP contribution in [-0.2, 0) is 28.9 Å². The molecular formula is C34H41ClN6O3. The summed E-state index contributed by atoms with van der Waals surface area (Å²) in [5.41, 5.74) is 5.63. The van der Waals surface area contributed by atoms with Gasteiger partial charge in [0.15, 0.2) is 0 Å². The van der Waals surface area contributed by atoms with Gasteiger partial charge in [-0.25, -0.2) is 9.78 Å². The topological polar surface area (TPSA) is 83.8 Å². The van der Waals surface area contributed by atoms with Gasteiger partial charge in [0, 0.05) is 51.7 Å². The van der Waals surface area contributed by atoms with Gasteiger partial charge in [-0.05, 0) is 80.0 Å². The van der Waals surface area contributed by atoms with Gasteiger partial charge in [-0.15, -0.1) is 0 Å². The first-order valence-corrected chi connectivity index (χ1v) is 16.5. The van der Waals surface area contributed by atoms with Crippen LogP contribution in [0.4, 0.5) is 4.79 Å². The Labute approximate surface area is 264 Å². The van der Waals surface area contributed by atoms with Gasteiger partial charge in [0.05, 0.1) is 35.4 Å². The number of likely N-dealkylation sites (tertiary alicyclic amines) is 1. The highest BCUT2D eigenvalue weighted by molar-refractivity contribution is 6.30. The molecule has 0 radical (unpaired) electrons. The quantitative estimate of drug-likeness (QED) is 0.392. The van der Waals surface area contributed by atoms with Crippen LogP contribution in [0.5, 0.6) is 0 Å². The van der Waals surface area contributed by atoms with Crippen LogP contribution in [0.2, 0.25) is 5.02 Å². The van der Waals surface area contributed by atoms with E-state index in [1.165, 1.54) is 11.1 Å². The molecule has 1 saturated carbocycles. The number of carbonyl (C=O) groups is 2. The number of aromatic nitrogens is 3. The van der Waals surface area contributed by atoms with Gasteiger partial charge in [0.2, 0.25) is 5.91 Å². The molecule has 44 heavy (non-hydrogen) atoms. The highest BCUT2D eigenvalue weighted by Gasteiger charge is 2.43. The summed E-state index contributed by atoms with van der Waals surface area (Å²) in [6.07, 6.45) is 11.3. The zero-order valence-corrected chi connectivity index (χ0v) is 26.2. The number of nitrogens with zero attached hydrogens (tertiary/aromatic N) is 6. The van der Waals surface area contributed by atoms with Crippen LogP contribution in [-0.4, -0.2) is 86.6 Å². The first kappa shape index (κ1) is 29.3. The Morgan fingerprint density at radius 3 is 2.66 bits per heavy atom. The van der Waals surface area contributed by atoms with Crippen molar-refractivity contribution in [1.82, 2.24) is 29.2 Å². The summed E-state index contributed by atoms with van der Waals surface area (Å²) in [4.78, 5) is 43.2. The summed E-state index contributed by atoms with van der Waals surface area (Å²) in [5.74, 6) is 0.808. The molecule has 9 nitrogen and oxygen atoms in total. The second-order valence-corrected chi connectivity index (χ2v) is 13.5. The second-order valence-electron chi connectivity index (χ2n) is 13.0. The Bertz CT molecular complexity index is 1520. The number of pyridine rings is 1. The van der Waals surface area contributed by atoms with E-state index in [0.29, 0.717) is 56.2 Å². The standard InChI is InChI=1S/C34H41ClN6O3/c1-23-17-38(22-37-23)18-25-5-4-12-40(19-25)33(42)30-20-39(13-14-41(30)34(43)44-21-24-8-9-24)32-29-7-3-2-6-26(29)10-11-27-15-28(35)16-36-31(27)32/h2-3,6-7,15-17,22,24-25,30,32H,4-5,8-14,18-21H2,1H3/t25-,30+,32?/m0/s1. The number of rotatable bonds is 6. The number of carbonyl (C=O) groups excluding carboxylic acids is 2. The number of ether oxygens (including phenoxy) is 1. The van der Waals surface area contributed by atoms with E-state index >= 15 is 0 Å². The number of amides is 2. The molecule has 0 N–H and O–H groups in total. The Morgan fingerprint density at radius 2 is 1.84 bits per heavy atom. The maximum Gasteiger partial charge on any atom is 0.410 e. The lowest BCUT2D eigenvalue weighted by Crippen LogP contribution is -2.62. The van der Waals surface area contributed by atoms with E-state index in [1.54, 1.807) is 11.1 Å². The monoisotopic (exact) mass is 616 g/mol. The van der Waals surface area contributed by atoms with Crippen LogP contribution in [0.3, 0.4) is 0 Å². The number of hydrogen-bond donors (Lipinski definition) is 0. The van der Waals surface area contributed by atoms with Gasteiger partial charge < -0.3 is 14.2 Å². The van der Waals surface area contributed by atoms with Crippen LogP contribution in [0, 0.1) is 18.8 Å². The molecule has 4 aliphatic rings. The summed E-state index contributed by atoms with van der Waals surface area (Å²) < 4.78 is 7.89. The summed E-state index contributed by atoms with van der Waals surface area (Å²) >= 11 is 6.41. The number of piperazine rings is 1. The molecule has 2 aromatic heterocycles. The largest absolute Gasteiger partial charge is 0.449 e. The maximum atomic E-state index is 14.5. The number of fused-ring (bicyclic) bond motifs is 2. The van der Waals surface area contributed by atoms with Crippen molar-refractivity contribution in [3.8, 4) is 0 Å². The zero-order valence-electron chi connectivity index (χ0n) is 25.4. The minimum atomic E-state index is -0.629. The summed E-state index contributed by atoms with van der Waals surface area (Å²) in [6.45, 7) is 6.10. The normalized spacial score (nSPS) is 23.9. The number of halogens is 1. The molecule has 232 valence electrons. The number of piperidine rings is 1. The third-order valence-corrected chi connectivity index (χ3v) is 9.95. The smallest absolute Gasteiger partial charge is 0.410 e. The number of hydrogen-bond acceptors (Lipinski definition) is 6. The molecule has 3 fully saturated rings. The lowest BCUT2D eigenvalue weighted by atomic mass is 9.94. The predicted octanol–water partition coefficient (Wildman–Crippen LogP) is 4.90. The number of benzene rings is 1. The van der Waals surface area contributed by atoms with E-state index < -0.39 is 6.04 Å². The first-order chi connectivity index (χ1) is 21.4. The molecule has 4 heterocycles.